The maximum atomic E-state index is 5.81. The van der Waals surface area contributed by atoms with Crippen LogP contribution in [0.1, 0.15) is 0 Å². The summed E-state index contributed by atoms with van der Waals surface area (Å²) < 4.78 is 1.74. The highest BCUT2D eigenvalue weighted by molar-refractivity contribution is 5.87. The quantitative estimate of drug-likeness (QED) is 0.580. The first-order valence-corrected chi connectivity index (χ1v) is 6.67. The molecule has 0 radical (unpaired) electrons. The Balaban J connectivity index is 1.97. The average molecular weight is 275 g/mol. The molecule has 0 saturated carbocycles. The normalized spacial score (nSPS) is 11.3. The number of hydrogen-bond donors (Lipinski definition) is 1. The zero-order chi connectivity index (χ0) is 14.4. The predicted octanol–water partition coefficient (Wildman–Crippen LogP) is 2.77. The van der Waals surface area contributed by atoms with Crippen LogP contribution in [0.2, 0.25) is 0 Å². The Morgan fingerprint density at radius 1 is 0.857 bits per heavy atom. The molecule has 4 rings (SSSR count). The molecule has 4 aromatic rings. The molecule has 21 heavy (non-hydrogen) atoms. The minimum atomic E-state index is 0.420. The van der Waals surface area contributed by atoms with Crippen LogP contribution in [0.3, 0.4) is 0 Å². The Morgan fingerprint density at radius 3 is 2.48 bits per heavy atom. The monoisotopic (exact) mass is 275 g/mol. The Hall–Kier alpha value is -2.95. The van der Waals surface area contributed by atoms with Gasteiger partial charge in [-0.25, -0.2) is 9.97 Å². The molecule has 102 valence electrons. The van der Waals surface area contributed by atoms with Crippen molar-refractivity contribution in [2.75, 3.05) is 5.73 Å². The van der Waals surface area contributed by atoms with Gasteiger partial charge in [-0.2, -0.15) is 4.98 Å². The highest BCUT2D eigenvalue weighted by Gasteiger charge is 2.10. The number of imidazole rings is 1. The van der Waals surface area contributed by atoms with Gasteiger partial charge in [0.15, 0.2) is 11.3 Å². The Labute approximate surface area is 121 Å². The van der Waals surface area contributed by atoms with Crippen molar-refractivity contribution in [3.8, 4) is 11.1 Å². The van der Waals surface area contributed by atoms with Crippen LogP contribution in [-0.2, 0) is 7.05 Å². The smallest absolute Gasteiger partial charge is 0.203 e. The molecule has 0 fully saturated rings. The number of anilines is 1. The summed E-state index contributed by atoms with van der Waals surface area (Å²) in [6.45, 7) is 0. The number of nitrogen functional groups attached to an aromatic ring is 1. The molecule has 2 N–H and O–H groups in total. The van der Waals surface area contributed by atoms with Crippen LogP contribution in [0.15, 0.2) is 48.5 Å². The summed E-state index contributed by atoms with van der Waals surface area (Å²) in [5.41, 5.74) is 11.0. The number of rotatable bonds is 1. The van der Waals surface area contributed by atoms with E-state index in [0.717, 1.165) is 22.2 Å². The predicted molar refractivity (Wildman–Crippen MR) is 83.7 cm³/mol. The van der Waals surface area contributed by atoms with E-state index >= 15 is 0 Å². The molecule has 5 nitrogen and oxygen atoms in total. The molecular weight excluding hydrogens is 262 g/mol. The van der Waals surface area contributed by atoms with Gasteiger partial charge in [0, 0.05) is 7.05 Å². The Morgan fingerprint density at radius 2 is 1.67 bits per heavy atom. The van der Waals surface area contributed by atoms with E-state index < -0.39 is 0 Å². The van der Waals surface area contributed by atoms with Crippen LogP contribution >= 0.6 is 0 Å². The molecular formula is C16H13N5. The molecule has 2 aromatic carbocycles. The fourth-order valence-corrected chi connectivity index (χ4v) is 2.44. The van der Waals surface area contributed by atoms with Crippen LogP contribution in [0.5, 0.6) is 0 Å². The van der Waals surface area contributed by atoms with Gasteiger partial charge in [-0.15, -0.1) is 0 Å². The molecule has 0 aliphatic heterocycles. The third kappa shape index (κ3) is 1.82. The molecule has 0 atom stereocenters. The minimum absolute atomic E-state index is 0.420. The number of hydrogen-bond acceptors (Lipinski definition) is 4. The van der Waals surface area contributed by atoms with Crippen molar-refractivity contribution in [1.29, 1.82) is 0 Å². The summed E-state index contributed by atoms with van der Waals surface area (Å²) in [6.07, 6.45) is 0. The van der Waals surface area contributed by atoms with E-state index in [1.807, 2.05) is 37.4 Å². The van der Waals surface area contributed by atoms with E-state index in [1.54, 1.807) is 4.57 Å². The number of fused-ring (bicyclic) bond motifs is 2. The molecule has 0 amide bonds. The average Bonchev–Trinajstić information content (AvgIpc) is 2.80. The van der Waals surface area contributed by atoms with Crippen molar-refractivity contribution in [3.63, 3.8) is 0 Å². The van der Waals surface area contributed by atoms with E-state index in [2.05, 4.69) is 33.2 Å². The molecule has 0 aliphatic carbocycles. The number of nitrogens with zero attached hydrogens (tertiary/aromatic N) is 4. The lowest BCUT2D eigenvalue weighted by atomic mass is 10.1. The van der Waals surface area contributed by atoms with Crippen LogP contribution in [0, 0.1) is 0 Å². The number of nitrogens with two attached hydrogens (primary N) is 1. The Bertz CT molecular complexity index is 957. The van der Waals surface area contributed by atoms with E-state index in [9.17, 15) is 0 Å². The summed E-state index contributed by atoms with van der Waals surface area (Å²) in [4.78, 5) is 13.4. The molecule has 0 saturated heterocycles. The summed E-state index contributed by atoms with van der Waals surface area (Å²) >= 11 is 0. The second-order valence-corrected chi connectivity index (χ2v) is 4.97. The van der Waals surface area contributed by atoms with Crippen molar-refractivity contribution in [1.82, 2.24) is 19.5 Å². The topological polar surface area (TPSA) is 69.6 Å². The van der Waals surface area contributed by atoms with Crippen molar-refractivity contribution >= 4 is 28.3 Å². The third-order valence-corrected chi connectivity index (χ3v) is 3.62. The zero-order valence-electron chi connectivity index (χ0n) is 11.5. The largest absolute Gasteiger partial charge is 0.369 e. The van der Waals surface area contributed by atoms with Gasteiger partial charge in [-0.1, -0.05) is 36.4 Å². The highest BCUT2D eigenvalue weighted by atomic mass is 15.2. The summed E-state index contributed by atoms with van der Waals surface area (Å²) in [7, 11) is 1.84. The second kappa shape index (κ2) is 4.28. The van der Waals surface area contributed by atoms with Crippen molar-refractivity contribution in [2.45, 2.75) is 0 Å². The fraction of sp³-hybridized carbons (Fsp3) is 0.0625. The lowest BCUT2D eigenvalue weighted by molar-refractivity contribution is 0.950. The first-order chi connectivity index (χ1) is 10.2. The lowest BCUT2D eigenvalue weighted by Crippen LogP contribution is -1.97. The first-order valence-electron chi connectivity index (χ1n) is 6.67. The summed E-state index contributed by atoms with van der Waals surface area (Å²) in [5.74, 6) is 0.420. The molecule has 5 heteroatoms. The zero-order valence-corrected chi connectivity index (χ0v) is 11.5. The van der Waals surface area contributed by atoms with Crippen LogP contribution in [0.4, 0.5) is 5.95 Å². The van der Waals surface area contributed by atoms with Gasteiger partial charge in [0.1, 0.15) is 0 Å². The van der Waals surface area contributed by atoms with Crippen LogP contribution in [-0.4, -0.2) is 19.5 Å². The molecule has 0 unspecified atom stereocenters. The van der Waals surface area contributed by atoms with Gasteiger partial charge >= 0.3 is 0 Å². The van der Waals surface area contributed by atoms with Gasteiger partial charge in [-0.05, 0) is 23.3 Å². The molecule has 0 spiro atoms. The van der Waals surface area contributed by atoms with Crippen LogP contribution in [0.25, 0.3) is 33.5 Å². The van der Waals surface area contributed by atoms with Gasteiger partial charge < -0.3 is 5.73 Å². The first kappa shape index (κ1) is 11.8. The third-order valence-electron chi connectivity index (χ3n) is 3.62. The SMILES string of the molecule is Cn1c(N)nc2nc3cc(-c4ccccc4)ccc3nc21. The summed E-state index contributed by atoms with van der Waals surface area (Å²) in [5, 5.41) is 0. The van der Waals surface area contributed by atoms with Gasteiger partial charge in [0.2, 0.25) is 5.95 Å². The standard InChI is InChI=1S/C16H13N5/c1-21-15-14(20-16(21)17)18-13-9-11(7-8-12(13)19-15)10-5-3-2-4-6-10/h2-9H,1H3,(H2,17,18,20). The van der Waals surface area contributed by atoms with Gasteiger partial charge in [0.05, 0.1) is 11.0 Å². The van der Waals surface area contributed by atoms with E-state index in [4.69, 9.17) is 5.73 Å². The van der Waals surface area contributed by atoms with E-state index in [1.165, 1.54) is 0 Å². The number of aromatic nitrogens is 4. The van der Waals surface area contributed by atoms with Crippen LogP contribution < -0.4 is 5.73 Å². The van der Waals surface area contributed by atoms with E-state index in [-0.39, 0.29) is 0 Å². The molecule has 0 bridgehead atoms. The van der Waals surface area contributed by atoms with Crippen molar-refractivity contribution < 1.29 is 0 Å². The Kier molecular flexibility index (Phi) is 2.41. The van der Waals surface area contributed by atoms with Crippen molar-refractivity contribution in [3.05, 3.63) is 48.5 Å². The highest BCUT2D eigenvalue weighted by Crippen LogP contribution is 2.24. The molecule has 0 aliphatic rings. The minimum Gasteiger partial charge on any atom is -0.369 e. The van der Waals surface area contributed by atoms with Crippen molar-refractivity contribution in [2.24, 2.45) is 7.05 Å². The molecule has 2 aromatic heterocycles. The molecule has 2 heterocycles. The maximum Gasteiger partial charge on any atom is 0.203 e. The lowest BCUT2D eigenvalue weighted by Gasteiger charge is -2.03. The fourth-order valence-electron chi connectivity index (χ4n) is 2.44. The second-order valence-electron chi connectivity index (χ2n) is 4.97. The van der Waals surface area contributed by atoms with E-state index in [0.29, 0.717) is 17.2 Å². The van der Waals surface area contributed by atoms with Gasteiger partial charge in [0.25, 0.3) is 0 Å². The maximum absolute atomic E-state index is 5.81. The number of aryl methyl sites for hydroxylation is 1. The summed E-state index contributed by atoms with van der Waals surface area (Å²) in [6, 6.07) is 16.3. The number of benzene rings is 2. The van der Waals surface area contributed by atoms with Gasteiger partial charge in [-0.3, -0.25) is 4.57 Å².